The van der Waals surface area contributed by atoms with E-state index in [4.69, 9.17) is 9.84 Å². The molecule has 5 heteroatoms. The molecular formula is C19H19NO4. The number of hydrogen-bond donors (Lipinski definition) is 2. The van der Waals surface area contributed by atoms with Crippen molar-refractivity contribution in [1.82, 2.24) is 5.32 Å². The second-order valence-corrected chi connectivity index (χ2v) is 5.83. The average molecular weight is 325 g/mol. The summed E-state index contributed by atoms with van der Waals surface area (Å²) in [6.07, 6.45) is 0.949. The van der Waals surface area contributed by atoms with Crippen molar-refractivity contribution in [2.75, 3.05) is 0 Å². The second kappa shape index (κ2) is 7.27. The number of ether oxygens (including phenoxy) is 1. The molecule has 2 N–H and O–H groups in total. The maximum Gasteiger partial charge on any atom is 0.339 e. The van der Waals surface area contributed by atoms with Gasteiger partial charge < -0.3 is 15.2 Å². The standard InChI is InChI=1S/C19H19NO4/c21-12-13-6-8-15(9-7-13)19(23)24-17(14-4-2-1-3-5-14)18(22)20-16-10-11-16/h1-9,16-17,21H,10-12H2,(H,20,22)/t17-/m1/s1. The van der Waals surface area contributed by atoms with Crippen LogP contribution in [0.5, 0.6) is 0 Å². The summed E-state index contributed by atoms with van der Waals surface area (Å²) in [5.74, 6) is -0.872. The summed E-state index contributed by atoms with van der Waals surface area (Å²) in [6, 6.07) is 15.6. The Morgan fingerprint density at radius 2 is 1.75 bits per heavy atom. The summed E-state index contributed by atoms with van der Waals surface area (Å²) in [6.45, 7) is -0.0915. The van der Waals surface area contributed by atoms with Crippen molar-refractivity contribution >= 4 is 11.9 Å². The number of aliphatic hydroxyl groups is 1. The summed E-state index contributed by atoms with van der Waals surface area (Å²) in [7, 11) is 0. The molecule has 1 fully saturated rings. The lowest BCUT2D eigenvalue weighted by molar-refractivity contribution is -0.130. The normalized spacial score (nSPS) is 14.7. The third-order valence-electron chi connectivity index (χ3n) is 3.86. The van der Waals surface area contributed by atoms with E-state index in [1.165, 1.54) is 0 Å². The first-order chi connectivity index (χ1) is 11.7. The summed E-state index contributed by atoms with van der Waals surface area (Å²) in [5.41, 5.74) is 1.68. The molecular weight excluding hydrogens is 306 g/mol. The Labute approximate surface area is 140 Å². The fourth-order valence-electron chi connectivity index (χ4n) is 2.33. The zero-order valence-electron chi connectivity index (χ0n) is 13.1. The number of amides is 1. The van der Waals surface area contributed by atoms with Crippen LogP contribution in [0.3, 0.4) is 0 Å². The van der Waals surface area contributed by atoms with Crippen molar-refractivity contribution in [3.8, 4) is 0 Å². The predicted octanol–water partition coefficient (Wildman–Crippen LogP) is 2.36. The molecule has 24 heavy (non-hydrogen) atoms. The van der Waals surface area contributed by atoms with Gasteiger partial charge in [-0.2, -0.15) is 0 Å². The topological polar surface area (TPSA) is 75.6 Å². The molecule has 124 valence electrons. The van der Waals surface area contributed by atoms with E-state index < -0.39 is 12.1 Å². The van der Waals surface area contributed by atoms with E-state index in [1.54, 1.807) is 48.5 Å². The Balaban J connectivity index is 1.77. The van der Waals surface area contributed by atoms with Gasteiger partial charge in [0.05, 0.1) is 12.2 Å². The molecule has 1 amide bonds. The van der Waals surface area contributed by atoms with Gasteiger partial charge in [-0.25, -0.2) is 4.79 Å². The molecule has 5 nitrogen and oxygen atoms in total. The van der Waals surface area contributed by atoms with Crippen LogP contribution in [0.4, 0.5) is 0 Å². The Hall–Kier alpha value is -2.66. The van der Waals surface area contributed by atoms with E-state index in [9.17, 15) is 9.59 Å². The van der Waals surface area contributed by atoms with Gasteiger partial charge in [-0.1, -0.05) is 42.5 Å². The van der Waals surface area contributed by atoms with Crippen LogP contribution < -0.4 is 5.32 Å². The summed E-state index contributed by atoms with van der Waals surface area (Å²) >= 11 is 0. The van der Waals surface area contributed by atoms with Crippen LogP contribution in [0, 0.1) is 0 Å². The maximum atomic E-state index is 12.4. The van der Waals surface area contributed by atoms with Crippen LogP contribution in [-0.4, -0.2) is 23.0 Å². The van der Waals surface area contributed by atoms with Crippen LogP contribution >= 0.6 is 0 Å². The first-order valence-corrected chi connectivity index (χ1v) is 7.93. The maximum absolute atomic E-state index is 12.4. The molecule has 0 unspecified atom stereocenters. The molecule has 2 aromatic carbocycles. The molecule has 0 aromatic heterocycles. The molecule has 0 bridgehead atoms. The fourth-order valence-corrected chi connectivity index (χ4v) is 2.33. The van der Waals surface area contributed by atoms with E-state index in [0.29, 0.717) is 16.7 Å². The van der Waals surface area contributed by atoms with Gasteiger partial charge in [0, 0.05) is 11.6 Å². The molecule has 3 rings (SSSR count). The molecule has 1 aliphatic carbocycles. The van der Waals surface area contributed by atoms with E-state index >= 15 is 0 Å². The smallest absolute Gasteiger partial charge is 0.339 e. The molecule has 0 spiro atoms. The minimum atomic E-state index is -0.975. The highest BCUT2D eigenvalue weighted by Gasteiger charge is 2.31. The van der Waals surface area contributed by atoms with E-state index in [-0.39, 0.29) is 18.6 Å². The van der Waals surface area contributed by atoms with Crippen LogP contribution in [0.15, 0.2) is 54.6 Å². The second-order valence-electron chi connectivity index (χ2n) is 5.83. The molecule has 1 atom stereocenters. The van der Waals surface area contributed by atoms with Crippen molar-refractivity contribution in [3.05, 3.63) is 71.3 Å². The number of nitrogens with one attached hydrogen (secondary N) is 1. The molecule has 0 aliphatic heterocycles. The first-order valence-electron chi connectivity index (χ1n) is 7.93. The van der Waals surface area contributed by atoms with Gasteiger partial charge in [-0.3, -0.25) is 4.79 Å². The van der Waals surface area contributed by atoms with Crippen molar-refractivity contribution in [3.63, 3.8) is 0 Å². The number of carbonyl (C=O) groups excluding carboxylic acids is 2. The third kappa shape index (κ3) is 4.00. The fraction of sp³-hybridized carbons (Fsp3) is 0.263. The number of esters is 1. The van der Waals surface area contributed by atoms with Crippen molar-refractivity contribution in [2.45, 2.75) is 31.6 Å². The van der Waals surface area contributed by atoms with Gasteiger partial charge in [0.2, 0.25) is 6.10 Å². The van der Waals surface area contributed by atoms with Crippen molar-refractivity contribution in [2.24, 2.45) is 0 Å². The minimum absolute atomic E-state index is 0.0915. The van der Waals surface area contributed by atoms with Crippen LogP contribution in [-0.2, 0) is 16.1 Å². The zero-order valence-corrected chi connectivity index (χ0v) is 13.1. The zero-order chi connectivity index (χ0) is 16.9. The van der Waals surface area contributed by atoms with Gasteiger partial charge in [0.1, 0.15) is 0 Å². The lowest BCUT2D eigenvalue weighted by atomic mass is 10.1. The van der Waals surface area contributed by atoms with E-state index in [0.717, 1.165) is 12.8 Å². The highest BCUT2D eigenvalue weighted by atomic mass is 16.5. The SMILES string of the molecule is O=C(O[C@@H](C(=O)NC1CC1)c1ccccc1)c1ccc(CO)cc1. The Morgan fingerprint density at radius 3 is 2.33 bits per heavy atom. The number of hydrogen-bond acceptors (Lipinski definition) is 4. The third-order valence-corrected chi connectivity index (χ3v) is 3.86. The summed E-state index contributed by atoms with van der Waals surface area (Å²) in [5, 5.41) is 11.9. The number of carbonyl (C=O) groups is 2. The number of aliphatic hydroxyl groups excluding tert-OH is 1. The molecule has 2 aromatic rings. The van der Waals surface area contributed by atoms with Gasteiger partial charge in [-0.05, 0) is 30.5 Å². The Bertz CT molecular complexity index is 708. The largest absolute Gasteiger partial charge is 0.444 e. The number of rotatable bonds is 6. The highest BCUT2D eigenvalue weighted by Crippen LogP contribution is 2.24. The first kappa shape index (κ1) is 16.2. The van der Waals surface area contributed by atoms with Crippen molar-refractivity contribution in [1.29, 1.82) is 0 Å². The van der Waals surface area contributed by atoms with Gasteiger partial charge in [-0.15, -0.1) is 0 Å². The quantitative estimate of drug-likeness (QED) is 0.800. The van der Waals surface area contributed by atoms with Crippen molar-refractivity contribution < 1.29 is 19.4 Å². The molecule has 0 radical (unpaired) electrons. The van der Waals surface area contributed by atoms with Crippen LogP contribution in [0.2, 0.25) is 0 Å². The average Bonchev–Trinajstić information content (AvgIpc) is 3.44. The van der Waals surface area contributed by atoms with Gasteiger partial charge in [0.15, 0.2) is 0 Å². The Morgan fingerprint density at radius 1 is 1.08 bits per heavy atom. The van der Waals surface area contributed by atoms with Gasteiger partial charge >= 0.3 is 5.97 Å². The molecule has 0 heterocycles. The van der Waals surface area contributed by atoms with Crippen LogP contribution in [0.25, 0.3) is 0 Å². The summed E-state index contributed by atoms with van der Waals surface area (Å²) in [4.78, 5) is 24.8. The molecule has 0 saturated heterocycles. The lowest BCUT2D eigenvalue weighted by Crippen LogP contribution is -2.33. The molecule has 1 saturated carbocycles. The van der Waals surface area contributed by atoms with E-state index in [2.05, 4.69) is 5.32 Å². The highest BCUT2D eigenvalue weighted by molar-refractivity contribution is 5.92. The summed E-state index contributed by atoms with van der Waals surface area (Å²) < 4.78 is 5.47. The molecule has 1 aliphatic rings. The van der Waals surface area contributed by atoms with Crippen LogP contribution in [0.1, 0.15) is 40.4 Å². The van der Waals surface area contributed by atoms with Gasteiger partial charge in [0.25, 0.3) is 5.91 Å². The monoisotopic (exact) mass is 325 g/mol. The van der Waals surface area contributed by atoms with E-state index in [1.807, 2.05) is 6.07 Å². The minimum Gasteiger partial charge on any atom is -0.444 e. The number of benzene rings is 2. The Kier molecular flexibility index (Phi) is 4.91. The predicted molar refractivity (Wildman–Crippen MR) is 88.1 cm³/mol. The lowest BCUT2D eigenvalue weighted by Gasteiger charge is -2.18.